The number of amides is 4. The van der Waals surface area contributed by atoms with Crippen LogP contribution in [-0.2, 0) is 30.5 Å². The van der Waals surface area contributed by atoms with Gasteiger partial charge in [-0.05, 0) is 153 Å². The second-order valence-corrected chi connectivity index (χ2v) is 22.2. The maximum absolute atomic E-state index is 13.5. The molecule has 0 heterocycles. The van der Waals surface area contributed by atoms with Crippen LogP contribution in [-0.4, -0.2) is 72.1 Å². The second kappa shape index (κ2) is 24.0. The van der Waals surface area contributed by atoms with E-state index in [2.05, 4.69) is 62.0 Å². The summed E-state index contributed by atoms with van der Waals surface area (Å²) in [6, 6.07) is 5.23. The molecular weight excluding hydrogens is 809 g/mol. The molecule has 0 saturated heterocycles. The summed E-state index contributed by atoms with van der Waals surface area (Å²) in [7, 11) is 0. The molecule has 63 heavy (non-hydrogen) atoms. The highest BCUT2D eigenvalue weighted by atomic mass is 32.2. The van der Waals surface area contributed by atoms with Crippen LogP contribution in [0.4, 0.5) is 5.69 Å². The van der Waals surface area contributed by atoms with Gasteiger partial charge in [-0.1, -0.05) is 91.5 Å². The molecule has 10 nitrogen and oxygen atoms in total. The van der Waals surface area contributed by atoms with Crippen LogP contribution in [0.3, 0.4) is 0 Å². The van der Waals surface area contributed by atoms with Gasteiger partial charge >= 0.3 is 0 Å². The highest BCUT2D eigenvalue weighted by molar-refractivity contribution is 7.98. The molecule has 0 spiro atoms. The molecule has 5 N–H and O–H groups in total. The topological polar surface area (TPSA) is 146 Å². The number of allylic oxidation sites excluding steroid dienone is 1. The number of nitrogens with one attached hydrogen (secondary N) is 4. The lowest BCUT2D eigenvalue weighted by Crippen LogP contribution is -2.53. The predicted molar refractivity (Wildman–Crippen MR) is 257 cm³/mol. The van der Waals surface area contributed by atoms with E-state index in [1.165, 1.54) is 57.8 Å². The first-order valence-corrected chi connectivity index (χ1v) is 26.1. The molecule has 0 aromatic heterocycles. The summed E-state index contributed by atoms with van der Waals surface area (Å²) in [5, 5.41) is 20.8. The first-order valence-electron chi connectivity index (χ1n) is 24.7. The Morgan fingerprint density at radius 2 is 1.57 bits per heavy atom. The number of thioether (sulfide) groups is 1. The lowest BCUT2D eigenvalue weighted by molar-refractivity contribution is -0.132. The molecule has 11 heteroatoms. The van der Waals surface area contributed by atoms with Crippen molar-refractivity contribution in [2.75, 3.05) is 30.5 Å². The number of hydrogen-bond donors (Lipinski definition) is 5. The van der Waals surface area contributed by atoms with Crippen LogP contribution in [0.5, 0.6) is 0 Å². The zero-order valence-electron chi connectivity index (χ0n) is 40.2. The average molecular weight is 893 g/mol. The standard InChI is InChI=1S/C52H84N4O6S/c1-34(2)11-9-12-36(5)42-19-20-43-41-18-15-38-32-40(23-26-51(38,6)44(41)24-27-52(42,43)7)62-29-10-28-53-47(58)21-22-48(59)55-46(31-35(3)4)50(61)56-45(25-30-63-8)49(60)54-39-16-13-37(33-57)14-17-39/h13-17,34-36,40-46,57H,9-12,18-33H2,1-8H3,(H,53,58)(H,54,60)(H,55,59)(H,56,61). The lowest BCUT2D eigenvalue weighted by Gasteiger charge is -2.58. The summed E-state index contributed by atoms with van der Waals surface area (Å²) in [4.78, 5) is 52.5. The van der Waals surface area contributed by atoms with E-state index in [0.717, 1.165) is 53.9 Å². The lowest BCUT2D eigenvalue weighted by atomic mass is 9.47. The maximum Gasteiger partial charge on any atom is 0.246 e. The van der Waals surface area contributed by atoms with E-state index < -0.39 is 18.0 Å². The minimum atomic E-state index is -0.842. The summed E-state index contributed by atoms with van der Waals surface area (Å²) in [5.41, 5.74) is 3.74. The van der Waals surface area contributed by atoms with Crippen molar-refractivity contribution in [1.29, 1.82) is 0 Å². The fourth-order valence-electron chi connectivity index (χ4n) is 12.3. The fourth-order valence-corrected chi connectivity index (χ4v) is 12.8. The molecule has 1 aromatic carbocycles. The van der Waals surface area contributed by atoms with Gasteiger partial charge in [0.25, 0.3) is 0 Å². The minimum absolute atomic E-state index is 0.0199. The Kier molecular flexibility index (Phi) is 19.5. The van der Waals surface area contributed by atoms with Crippen molar-refractivity contribution >= 4 is 41.1 Å². The van der Waals surface area contributed by atoms with Gasteiger partial charge in [0, 0.05) is 31.7 Å². The number of benzene rings is 1. The molecule has 3 fully saturated rings. The number of carbonyl (C=O) groups excluding carboxylic acids is 4. The third kappa shape index (κ3) is 13.8. The zero-order valence-corrected chi connectivity index (χ0v) is 41.0. The molecule has 0 radical (unpaired) electrons. The smallest absolute Gasteiger partial charge is 0.246 e. The van der Waals surface area contributed by atoms with Crippen molar-refractivity contribution < 1.29 is 29.0 Å². The van der Waals surface area contributed by atoms with E-state index in [1.807, 2.05) is 20.1 Å². The summed E-state index contributed by atoms with van der Waals surface area (Å²) in [5.74, 6) is 4.41. The Morgan fingerprint density at radius 3 is 2.27 bits per heavy atom. The third-order valence-corrected chi connectivity index (χ3v) is 16.5. The highest BCUT2D eigenvalue weighted by Crippen LogP contribution is 2.67. The highest BCUT2D eigenvalue weighted by Gasteiger charge is 2.59. The number of aliphatic hydroxyl groups is 1. The van der Waals surface area contributed by atoms with Gasteiger partial charge in [0.2, 0.25) is 23.6 Å². The summed E-state index contributed by atoms with van der Waals surface area (Å²) >= 11 is 1.57. The monoisotopic (exact) mass is 893 g/mol. The normalized spacial score (nSPS) is 27.9. The van der Waals surface area contributed by atoms with E-state index in [-0.39, 0.29) is 49.2 Å². The van der Waals surface area contributed by atoms with Gasteiger partial charge in [-0.25, -0.2) is 0 Å². The Morgan fingerprint density at radius 1 is 0.825 bits per heavy atom. The second-order valence-electron chi connectivity index (χ2n) is 21.2. The number of hydrogen-bond acceptors (Lipinski definition) is 7. The van der Waals surface area contributed by atoms with Crippen molar-refractivity contribution in [3.63, 3.8) is 0 Å². The Hall–Kier alpha value is -2.89. The van der Waals surface area contributed by atoms with E-state index in [1.54, 1.807) is 41.6 Å². The zero-order chi connectivity index (χ0) is 45.7. The molecule has 1 aromatic rings. The average Bonchev–Trinajstić information content (AvgIpc) is 3.61. The molecule has 4 amide bonds. The van der Waals surface area contributed by atoms with Gasteiger partial charge < -0.3 is 31.1 Å². The largest absolute Gasteiger partial charge is 0.392 e. The van der Waals surface area contributed by atoms with E-state index in [4.69, 9.17) is 4.74 Å². The van der Waals surface area contributed by atoms with Gasteiger partial charge in [-0.2, -0.15) is 11.8 Å². The molecule has 0 bridgehead atoms. The van der Waals surface area contributed by atoms with Crippen molar-refractivity contribution in [2.45, 2.75) is 176 Å². The molecule has 4 aliphatic rings. The Labute approximate surface area is 384 Å². The number of carbonyl (C=O) groups is 4. The molecule has 10 atom stereocenters. The molecular formula is C52H84N4O6S. The SMILES string of the molecule is CSCCC(NC(=O)C(CC(C)C)NC(=O)CCC(=O)NCCCOC1CCC2(C)C(=CCC3C2CCC2(C)C(C(C)CCCC(C)C)CCC32)C1)C(=O)Nc1ccc(CO)cc1. The van der Waals surface area contributed by atoms with Crippen LogP contribution in [0.1, 0.15) is 157 Å². The van der Waals surface area contributed by atoms with Crippen molar-refractivity contribution in [3.05, 3.63) is 41.5 Å². The molecule has 3 saturated carbocycles. The maximum atomic E-state index is 13.5. The van der Waals surface area contributed by atoms with Gasteiger partial charge in [-0.3, -0.25) is 19.2 Å². The summed E-state index contributed by atoms with van der Waals surface area (Å²) < 4.78 is 6.44. The number of fused-ring (bicyclic) bond motifs is 5. The van der Waals surface area contributed by atoms with Crippen molar-refractivity contribution in [3.8, 4) is 0 Å². The Balaban J connectivity index is 1.01. The van der Waals surface area contributed by atoms with Crippen LogP contribution in [0.2, 0.25) is 0 Å². The van der Waals surface area contributed by atoms with E-state index in [9.17, 15) is 24.3 Å². The molecule has 10 unspecified atom stereocenters. The van der Waals surface area contributed by atoms with Gasteiger partial charge in [0.05, 0.1) is 12.7 Å². The molecule has 5 rings (SSSR count). The number of aliphatic hydroxyl groups excluding tert-OH is 1. The minimum Gasteiger partial charge on any atom is -0.392 e. The molecule has 0 aliphatic heterocycles. The van der Waals surface area contributed by atoms with Crippen LogP contribution >= 0.6 is 11.8 Å². The molecule has 4 aliphatic carbocycles. The molecule has 354 valence electrons. The van der Waals surface area contributed by atoms with Crippen LogP contribution in [0.15, 0.2) is 35.9 Å². The van der Waals surface area contributed by atoms with E-state index >= 15 is 0 Å². The van der Waals surface area contributed by atoms with Crippen LogP contribution in [0.25, 0.3) is 0 Å². The van der Waals surface area contributed by atoms with Gasteiger partial charge in [0.15, 0.2) is 0 Å². The summed E-state index contributed by atoms with van der Waals surface area (Å²) in [6.07, 6.45) is 20.6. The Bertz CT molecular complexity index is 1680. The number of anilines is 1. The predicted octanol–water partition coefficient (Wildman–Crippen LogP) is 9.60. The quantitative estimate of drug-likeness (QED) is 0.0514. The summed E-state index contributed by atoms with van der Waals surface area (Å²) in [6.45, 7) is 17.5. The first kappa shape index (κ1) is 51.1. The third-order valence-electron chi connectivity index (χ3n) is 15.8. The van der Waals surface area contributed by atoms with Crippen LogP contribution in [0, 0.1) is 52.3 Å². The van der Waals surface area contributed by atoms with Gasteiger partial charge in [-0.15, -0.1) is 0 Å². The van der Waals surface area contributed by atoms with Crippen molar-refractivity contribution in [1.82, 2.24) is 16.0 Å². The fraction of sp³-hybridized carbons (Fsp3) is 0.769. The van der Waals surface area contributed by atoms with E-state index in [0.29, 0.717) is 54.7 Å². The van der Waals surface area contributed by atoms with Crippen LogP contribution < -0.4 is 21.3 Å². The first-order chi connectivity index (χ1) is 30.1. The number of ether oxygens (including phenoxy) is 1. The van der Waals surface area contributed by atoms with Gasteiger partial charge in [0.1, 0.15) is 12.1 Å². The van der Waals surface area contributed by atoms with Crippen molar-refractivity contribution in [2.24, 2.45) is 52.3 Å². The number of rotatable bonds is 24.